The fourth-order valence-electron chi connectivity index (χ4n) is 4.14. The molecule has 2 aliphatic heterocycles. The van der Waals surface area contributed by atoms with Gasteiger partial charge in [-0.2, -0.15) is 0 Å². The van der Waals surface area contributed by atoms with Gasteiger partial charge in [-0.15, -0.1) is 0 Å². The first-order valence-corrected chi connectivity index (χ1v) is 12.4. The summed E-state index contributed by atoms with van der Waals surface area (Å²) < 4.78 is 23.1. The molecule has 35 heavy (non-hydrogen) atoms. The van der Waals surface area contributed by atoms with Gasteiger partial charge in [0, 0.05) is 20.2 Å². The van der Waals surface area contributed by atoms with Crippen molar-refractivity contribution in [3.63, 3.8) is 0 Å². The van der Waals surface area contributed by atoms with Gasteiger partial charge in [0.2, 0.25) is 5.91 Å². The molecule has 0 spiro atoms. The second-order valence-corrected chi connectivity index (χ2v) is 10.2. The Morgan fingerprint density at radius 1 is 1.06 bits per heavy atom. The van der Waals surface area contributed by atoms with Crippen LogP contribution in [0.25, 0.3) is 0 Å². The molecular weight excluding hydrogens is 449 g/mol. The van der Waals surface area contributed by atoms with Crippen molar-refractivity contribution in [2.45, 2.75) is 70.1 Å². The quantitative estimate of drug-likeness (QED) is 0.489. The Kier molecular flexibility index (Phi) is 9.58. The minimum absolute atomic E-state index is 0.0576. The molecule has 1 aromatic carbocycles. The summed E-state index contributed by atoms with van der Waals surface area (Å²) in [7, 11) is 0.907. The number of hydrogen-bond donors (Lipinski definition) is 2. The molecule has 0 aromatic heterocycles. The van der Waals surface area contributed by atoms with Crippen molar-refractivity contribution in [1.29, 1.82) is 0 Å². The van der Waals surface area contributed by atoms with Gasteiger partial charge in [0.25, 0.3) is 0 Å². The number of ether oxygens (including phenoxy) is 2. The summed E-state index contributed by atoms with van der Waals surface area (Å²) in [5.74, 6) is -0.709. The summed E-state index contributed by atoms with van der Waals surface area (Å²) in [5.41, 5.74) is 0.203. The van der Waals surface area contributed by atoms with Crippen molar-refractivity contribution in [2.24, 2.45) is 0 Å². The van der Waals surface area contributed by atoms with Crippen molar-refractivity contribution in [1.82, 2.24) is 15.5 Å². The molecule has 0 aliphatic carbocycles. The molecule has 0 saturated carbocycles. The van der Waals surface area contributed by atoms with Crippen LogP contribution in [0.1, 0.15) is 46.1 Å². The lowest BCUT2D eigenvalue weighted by molar-refractivity contribution is -0.124. The molecule has 2 fully saturated rings. The monoisotopic (exact) mass is 489 g/mol. The summed E-state index contributed by atoms with van der Waals surface area (Å²) in [6.45, 7) is 9.98. The smallest absolute Gasteiger partial charge is 0.402 e. The Labute approximate surface area is 209 Å². The van der Waals surface area contributed by atoms with Gasteiger partial charge in [-0.3, -0.25) is 4.79 Å². The standard InChI is InChI=1S/C25H40BN3O6/c1-24(2)25(3,4)35-26(34-24)21(13-9-12-19-10-7-6-8-11-19)28-22(30)20(18-32-5)27-23(31)29-14-16-33-17-15-29/h6-8,10-11,20-21H,9,12-18H2,1-5H3,(H,27,31)(H,28,30)/t20-,21+/m1/s1. The van der Waals surface area contributed by atoms with Crippen LogP contribution in [0, 0.1) is 0 Å². The molecule has 2 heterocycles. The third kappa shape index (κ3) is 7.43. The second-order valence-electron chi connectivity index (χ2n) is 10.2. The summed E-state index contributed by atoms with van der Waals surface area (Å²) in [4.78, 5) is 27.7. The molecule has 2 saturated heterocycles. The molecule has 0 bridgehead atoms. The van der Waals surface area contributed by atoms with E-state index >= 15 is 0 Å². The third-order valence-corrected chi connectivity index (χ3v) is 7.00. The zero-order valence-electron chi connectivity index (χ0n) is 21.7. The number of urea groups is 1. The summed E-state index contributed by atoms with van der Waals surface area (Å²) in [6.07, 6.45) is 2.38. The normalized spacial score (nSPS) is 20.8. The molecule has 10 heteroatoms. The lowest BCUT2D eigenvalue weighted by Crippen LogP contribution is -2.58. The molecule has 0 radical (unpaired) electrons. The van der Waals surface area contributed by atoms with Gasteiger partial charge in [-0.1, -0.05) is 30.3 Å². The van der Waals surface area contributed by atoms with Crippen molar-refractivity contribution < 1.29 is 28.4 Å². The van der Waals surface area contributed by atoms with Crippen LogP contribution >= 0.6 is 0 Å². The average molecular weight is 489 g/mol. The first-order valence-electron chi connectivity index (χ1n) is 12.4. The molecule has 194 valence electrons. The van der Waals surface area contributed by atoms with Crippen LogP contribution in [-0.4, -0.2) is 87.2 Å². The molecule has 9 nitrogen and oxygen atoms in total. The van der Waals surface area contributed by atoms with Crippen LogP contribution in [0.15, 0.2) is 30.3 Å². The number of aryl methyl sites for hydroxylation is 1. The Morgan fingerprint density at radius 3 is 2.29 bits per heavy atom. The average Bonchev–Trinajstić information content (AvgIpc) is 3.05. The van der Waals surface area contributed by atoms with Crippen LogP contribution in [0.4, 0.5) is 4.79 Å². The lowest BCUT2D eigenvalue weighted by atomic mass is 9.75. The molecule has 1 aromatic rings. The van der Waals surface area contributed by atoms with Gasteiger partial charge in [-0.25, -0.2) is 4.79 Å². The lowest BCUT2D eigenvalue weighted by Gasteiger charge is -2.32. The van der Waals surface area contributed by atoms with Crippen molar-refractivity contribution in [2.75, 3.05) is 40.0 Å². The number of morpholine rings is 1. The fourth-order valence-corrected chi connectivity index (χ4v) is 4.14. The molecule has 3 rings (SSSR count). The van der Waals surface area contributed by atoms with E-state index in [1.807, 2.05) is 45.9 Å². The van der Waals surface area contributed by atoms with Gasteiger partial charge in [0.1, 0.15) is 6.04 Å². The van der Waals surface area contributed by atoms with E-state index in [9.17, 15) is 9.59 Å². The van der Waals surface area contributed by atoms with E-state index in [4.69, 9.17) is 18.8 Å². The summed E-state index contributed by atoms with van der Waals surface area (Å²) >= 11 is 0. The maximum Gasteiger partial charge on any atom is 0.481 e. The Balaban J connectivity index is 1.67. The highest BCUT2D eigenvalue weighted by atomic mass is 16.7. The Morgan fingerprint density at radius 2 is 1.69 bits per heavy atom. The fraction of sp³-hybridized carbons (Fsp3) is 0.680. The van der Waals surface area contributed by atoms with Crippen LogP contribution in [-0.2, 0) is 30.0 Å². The number of hydrogen-bond acceptors (Lipinski definition) is 6. The summed E-state index contributed by atoms with van der Waals surface area (Å²) in [5, 5.41) is 5.90. The maximum absolute atomic E-state index is 13.3. The van der Waals surface area contributed by atoms with Crippen LogP contribution in [0.2, 0.25) is 0 Å². The molecule has 3 amide bonds. The molecule has 2 atom stereocenters. The van der Waals surface area contributed by atoms with Gasteiger partial charge < -0.3 is 34.3 Å². The Bertz CT molecular complexity index is 816. The minimum atomic E-state index is -0.839. The highest BCUT2D eigenvalue weighted by molar-refractivity contribution is 6.48. The van der Waals surface area contributed by atoms with Gasteiger partial charge >= 0.3 is 13.1 Å². The highest BCUT2D eigenvalue weighted by Gasteiger charge is 2.54. The first-order chi connectivity index (χ1) is 16.6. The summed E-state index contributed by atoms with van der Waals surface area (Å²) in [6, 6.07) is 9.09. The molecular formula is C25H40BN3O6. The van der Waals surface area contributed by atoms with E-state index in [1.54, 1.807) is 4.90 Å². The van der Waals surface area contributed by atoms with Gasteiger partial charge in [0.05, 0.1) is 37.0 Å². The zero-order valence-corrected chi connectivity index (χ0v) is 21.7. The second kappa shape index (κ2) is 12.2. The first kappa shape index (κ1) is 27.5. The van der Waals surface area contributed by atoms with Crippen molar-refractivity contribution in [3.8, 4) is 0 Å². The third-order valence-electron chi connectivity index (χ3n) is 7.00. The number of methoxy groups -OCH3 is 1. The number of amides is 3. The SMILES string of the molecule is COC[C@@H](NC(=O)N1CCOCC1)C(=O)N[C@@H](CCCc1ccccc1)B1OC(C)(C)C(C)(C)O1. The number of nitrogens with one attached hydrogen (secondary N) is 2. The number of carbonyl (C=O) groups is 2. The number of benzene rings is 1. The molecule has 0 unspecified atom stereocenters. The van der Waals surface area contributed by atoms with Crippen LogP contribution < -0.4 is 10.6 Å². The number of rotatable bonds is 10. The molecule has 2 aliphatic rings. The van der Waals surface area contributed by atoms with E-state index in [2.05, 4.69) is 22.8 Å². The van der Waals surface area contributed by atoms with Crippen LogP contribution in [0.5, 0.6) is 0 Å². The van der Waals surface area contributed by atoms with E-state index in [0.717, 1.165) is 12.8 Å². The van der Waals surface area contributed by atoms with Gasteiger partial charge in [0.15, 0.2) is 0 Å². The van der Waals surface area contributed by atoms with E-state index in [1.165, 1.54) is 12.7 Å². The van der Waals surface area contributed by atoms with E-state index in [-0.39, 0.29) is 24.5 Å². The predicted molar refractivity (Wildman–Crippen MR) is 134 cm³/mol. The van der Waals surface area contributed by atoms with E-state index < -0.39 is 24.4 Å². The molecule has 2 N–H and O–H groups in total. The van der Waals surface area contributed by atoms with Crippen LogP contribution in [0.3, 0.4) is 0 Å². The van der Waals surface area contributed by atoms with E-state index in [0.29, 0.717) is 32.7 Å². The largest absolute Gasteiger partial charge is 0.481 e. The highest BCUT2D eigenvalue weighted by Crippen LogP contribution is 2.38. The Hall–Kier alpha value is -2.14. The topological polar surface area (TPSA) is 98.4 Å². The maximum atomic E-state index is 13.3. The zero-order chi connectivity index (χ0) is 25.5. The number of nitrogens with zero attached hydrogens (tertiary/aromatic N) is 1. The van der Waals surface area contributed by atoms with Crippen molar-refractivity contribution >= 4 is 19.1 Å². The number of carbonyl (C=O) groups excluding carboxylic acids is 2. The predicted octanol–water partition coefficient (Wildman–Crippen LogP) is 2.18. The van der Waals surface area contributed by atoms with Gasteiger partial charge in [-0.05, 0) is 52.5 Å². The minimum Gasteiger partial charge on any atom is -0.402 e. The van der Waals surface area contributed by atoms with Crippen molar-refractivity contribution in [3.05, 3.63) is 35.9 Å².